The fraction of sp³-hybridized carbons (Fsp3) is 0.594. The van der Waals surface area contributed by atoms with Gasteiger partial charge in [-0.15, -0.1) is 0 Å². The van der Waals surface area contributed by atoms with Gasteiger partial charge in [0.2, 0.25) is 0 Å². The molecule has 0 radical (unpaired) electrons. The Kier molecular flexibility index (Phi) is 7.87. The van der Waals surface area contributed by atoms with Gasteiger partial charge in [-0.25, -0.2) is 9.97 Å². The average molecular weight is 533 g/mol. The van der Waals surface area contributed by atoms with E-state index in [1.54, 1.807) is 0 Å². The van der Waals surface area contributed by atoms with Crippen LogP contribution in [0, 0.1) is 0 Å². The molecule has 0 bridgehead atoms. The molecule has 0 aromatic carbocycles. The summed E-state index contributed by atoms with van der Waals surface area (Å²) in [5.41, 5.74) is 11.8. The Morgan fingerprint density at radius 3 is 2.18 bits per heavy atom. The number of pyridine rings is 2. The fourth-order valence-electron chi connectivity index (χ4n) is 5.77. The number of hydrogen-bond donors (Lipinski definition) is 1. The maximum atomic E-state index is 6.34. The van der Waals surface area contributed by atoms with Crippen LogP contribution in [0.3, 0.4) is 0 Å². The summed E-state index contributed by atoms with van der Waals surface area (Å²) in [6.07, 6.45) is 7.90. The van der Waals surface area contributed by atoms with Crippen molar-refractivity contribution in [2.24, 2.45) is 7.05 Å². The van der Waals surface area contributed by atoms with E-state index in [2.05, 4.69) is 89.9 Å². The van der Waals surface area contributed by atoms with E-state index >= 15 is 0 Å². The molecular weight excluding hydrogens is 484 g/mol. The first kappa shape index (κ1) is 29.1. The molecule has 3 aromatic rings. The number of piperidine rings is 1. The SMILES string of the molecule is Cn1c(-c2cnc(N)c(OCc3ccnc(C(C)(C)C)c3C(C)(C)C)c2)cnc1C1CCN(C(C)(C)C)CC1. The number of nitrogens with zero attached hydrogens (tertiary/aromatic N) is 5. The van der Waals surface area contributed by atoms with Gasteiger partial charge in [0, 0.05) is 47.6 Å². The summed E-state index contributed by atoms with van der Waals surface area (Å²) in [5, 5.41) is 0. The third-order valence-electron chi connectivity index (χ3n) is 7.89. The first-order valence-corrected chi connectivity index (χ1v) is 14.2. The van der Waals surface area contributed by atoms with Crippen LogP contribution >= 0.6 is 0 Å². The van der Waals surface area contributed by atoms with Crippen molar-refractivity contribution in [1.82, 2.24) is 24.4 Å². The lowest BCUT2D eigenvalue weighted by Gasteiger charge is -2.40. The molecule has 4 rings (SSSR count). The highest BCUT2D eigenvalue weighted by molar-refractivity contribution is 5.64. The molecular formula is C32H48N6O. The van der Waals surface area contributed by atoms with Crippen molar-refractivity contribution in [2.75, 3.05) is 18.8 Å². The monoisotopic (exact) mass is 532 g/mol. The predicted octanol–water partition coefficient (Wildman–Crippen LogP) is 6.61. The Hall–Kier alpha value is -2.93. The number of hydrogen-bond acceptors (Lipinski definition) is 6. The number of rotatable bonds is 5. The Bertz CT molecular complexity index is 1300. The van der Waals surface area contributed by atoms with Crippen LogP contribution in [0.2, 0.25) is 0 Å². The molecule has 0 aliphatic carbocycles. The van der Waals surface area contributed by atoms with E-state index in [1.165, 1.54) is 5.56 Å². The summed E-state index contributed by atoms with van der Waals surface area (Å²) in [6.45, 7) is 22.8. The number of nitrogens with two attached hydrogens (primary N) is 1. The summed E-state index contributed by atoms with van der Waals surface area (Å²) in [5.74, 6) is 2.57. The zero-order chi connectivity index (χ0) is 28.8. The molecule has 0 atom stereocenters. The van der Waals surface area contributed by atoms with Crippen molar-refractivity contribution in [1.29, 1.82) is 0 Å². The van der Waals surface area contributed by atoms with Gasteiger partial charge in [-0.1, -0.05) is 41.5 Å². The minimum Gasteiger partial charge on any atom is -0.485 e. The molecule has 0 unspecified atom stereocenters. The van der Waals surface area contributed by atoms with Gasteiger partial charge in [-0.05, 0) is 75.4 Å². The highest BCUT2D eigenvalue weighted by Gasteiger charge is 2.31. The van der Waals surface area contributed by atoms with E-state index < -0.39 is 0 Å². The molecule has 0 amide bonds. The maximum absolute atomic E-state index is 6.34. The first-order valence-electron chi connectivity index (χ1n) is 14.2. The quantitative estimate of drug-likeness (QED) is 0.398. The average Bonchev–Trinajstić information content (AvgIpc) is 3.23. The van der Waals surface area contributed by atoms with Gasteiger partial charge in [-0.3, -0.25) is 9.88 Å². The molecule has 7 nitrogen and oxygen atoms in total. The van der Waals surface area contributed by atoms with Crippen LogP contribution in [-0.4, -0.2) is 43.0 Å². The van der Waals surface area contributed by atoms with Crippen LogP contribution in [0.1, 0.15) is 104 Å². The van der Waals surface area contributed by atoms with E-state index in [1.807, 2.05) is 24.7 Å². The van der Waals surface area contributed by atoms with Crippen LogP contribution in [0.5, 0.6) is 5.75 Å². The van der Waals surface area contributed by atoms with Gasteiger partial charge in [0.25, 0.3) is 0 Å². The number of nitrogen functional groups attached to an aromatic ring is 1. The molecule has 1 saturated heterocycles. The second kappa shape index (κ2) is 10.6. The molecule has 7 heteroatoms. The van der Waals surface area contributed by atoms with Crippen molar-refractivity contribution in [2.45, 2.75) is 104 Å². The molecule has 1 fully saturated rings. The minimum atomic E-state index is -0.0741. The Morgan fingerprint density at radius 1 is 0.923 bits per heavy atom. The summed E-state index contributed by atoms with van der Waals surface area (Å²) in [4.78, 5) is 16.7. The van der Waals surface area contributed by atoms with Crippen molar-refractivity contribution < 1.29 is 4.74 Å². The summed E-state index contributed by atoms with van der Waals surface area (Å²) in [6, 6.07) is 4.05. The smallest absolute Gasteiger partial charge is 0.166 e. The van der Waals surface area contributed by atoms with Gasteiger partial charge < -0.3 is 15.0 Å². The van der Waals surface area contributed by atoms with Crippen molar-refractivity contribution in [3.8, 4) is 17.0 Å². The highest BCUT2D eigenvalue weighted by Crippen LogP contribution is 2.37. The lowest BCUT2D eigenvalue weighted by atomic mass is 9.76. The summed E-state index contributed by atoms with van der Waals surface area (Å²) >= 11 is 0. The molecule has 39 heavy (non-hydrogen) atoms. The molecule has 1 aliphatic heterocycles. The Balaban J connectivity index is 1.57. The minimum absolute atomic E-state index is 0.0697. The largest absolute Gasteiger partial charge is 0.485 e. The third-order valence-corrected chi connectivity index (χ3v) is 7.89. The summed E-state index contributed by atoms with van der Waals surface area (Å²) in [7, 11) is 2.10. The zero-order valence-electron chi connectivity index (χ0n) is 25.7. The first-order chi connectivity index (χ1) is 18.1. The van der Waals surface area contributed by atoms with E-state index in [-0.39, 0.29) is 16.4 Å². The molecule has 3 aromatic heterocycles. The fourth-order valence-corrected chi connectivity index (χ4v) is 5.77. The van der Waals surface area contributed by atoms with Crippen LogP contribution in [0.15, 0.2) is 30.7 Å². The standard InChI is InChI=1S/C32H48N6O/c1-30(2,3)26-22(11-14-34-27(26)31(4,5)6)20-39-25-17-23(18-35-28(25)33)24-19-36-29(37(24)10)21-12-15-38(16-13-21)32(7,8)9/h11,14,17-19,21H,12-13,15-16,20H2,1-10H3,(H2,33,35). The number of imidazole rings is 1. The van der Waals surface area contributed by atoms with Gasteiger partial charge in [0.05, 0.1) is 11.9 Å². The van der Waals surface area contributed by atoms with Crippen LogP contribution in [0.25, 0.3) is 11.3 Å². The summed E-state index contributed by atoms with van der Waals surface area (Å²) < 4.78 is 8.56. The Morgan fingerprint density at radius 2 is 1.59 bits per heavy atom. The van der Waals surface area contributed by atoms with E-state index in [9.17, 15) is 0 Å². The second-order valence-corrected chi connectivity index (χ2v) is 14.1. The number of anilines is 1. The maximum Gasteiger partial charge on any atom is 0.166 e. The predicted molar refractivity (Wildman–Crippen MR) is 160 cm³/mol. The molecule has 1 aliphatic rings. The van der Waals surface area contributed by atoms with E-state index in [0.29, 0.717) is 24.1 Å². The molecule has 4 heterocycles. The molecule has 2 N–H and O–H groups in total. The van der Waals surface area contributed by atoms with Crippen LogP contribution in [0.4, 0.5) is 5.82 Å². The van der Waals surface area contributed by atoms with Gasteiger partial charge >= 0.3 is 0 Å². The van der Waals surface area contributed by atoms with Crippen molar-refractivity contribution >= 4 is 5.82 Å². The number of ether oxygens (including phenoxy) is 1. The molecule has 212 valence electrons. The van der Waals surface area contributed by atoms with Crippen LogP contribution in [-0.2, 0) is 24.5 Å². The lowest BCUT2D eigenvalue weighted by molar-refractivity contribution is 0.100. The van der Waals surface area contributed by atoms with Gasteiger partial charge in [-0.2, -0.15) is 0 Å². The second-order valence-electron chi connectivity index (χ2n) is 14.1. The Labute approximate surface area is 235 Å². The normalized spacial score (nSPS) is 16.1. The molecule has 0 spiro atoms. The van der Waals surface area contributed by atoms with Crippen molar-refractivity contribution in [3.63, 3.8) is 0 Å². The number of aromatic nitrogens is 4. The van der Waals surface area contributed by atoms with E-state index in [0.717, 1.165) is 54.3 Å². The van der Waals surface area contributed by atoms with E-state index in [4.69, 9.17) is 20.4 Å². The topological polar surface area (TPSA) is 82.1 Å². The molecule has 0 saturated carbocycles. The van der Waals surface area contributed by atoms with Gasteiger partial charge in [0.1, 0.15) is 12.4 Å². The number of likely N-dealkylation sites (tertiary alicyclic amines) is 1. The highest BCUT2D eigenvalue weighted by atomic mass is 16.5. The van der Waals surface area contributed by atoms with Crippen LogP contribution < -0.4 is 10.5 Å². The van der Waals surface area contributed by atoms with Gasteiger partial charge in [0.15, 0.2) is 11.6 Å². The third kappa shape index (κ3) is 6.29. The lowest BCUT2D eigenvalue weighted by Crippen LogP contribution is -2.45. The zero-order valence-corrected chi connectivity index (χ0v) is 25.7. The van der Waals surface area contributed by atoms with Crippen molar-refractivity contribution in [3.05, 3.63) is 53.4 Å².